The Hall–Kier alpha value is -4.26. The van der Waals surface area contributed by atoms with E-state index in [0.29, 0.717) is 47.3 Å². The maximum Gasteiger partial charge on any atom is 0.300 e. The Morgan fingerprint density at radius 1 is 0.971 bits per heavy atom. The summed E-state index contributed by atoms with van der Waals surface area (Å²) in [5, 5.41) is 11.4. The number of Topliss-reactive ketones (excluding diaryl/α,β-unsaturated/α-hetero) is 1. The van der Waals surface area contributed by atoms with Crippen LogP contribution in [0.25, 0.3) is 5.76 Å². The van der Waals surface area contributed by atoms with Crippen molar-refractivity contribution in [2.24, 2.45) is 0 Å². The van der Waals surface area contributed by atoms with Crippen molar-refractivity contribution >= 4 is 23.1 Å². The number of amides is 1. The number of ether oxygens (including phenoxy) is 3. The van der Waals surface area contributed by atoms with Crippen LogP contribution in [0.15, 0.2) is 72.3 Å². The molecule has 1 unspecified atom stereocenters. The molecule has 5 rings (SSSR count). The zero-order chi connectivity index (χ0) is 23.8. The standard InChI is InChI=1S/C27H23NO6/c1-16-6-5-7-17(14-16)24-23(25(29)18-10-11-21-22(15-18)34-13-12-33-21)26(30)27(31)28(24)19-8-3-4-9-20(19)32-2/h3-11,14-15,24,29H,12-13H2,1-2H3/b25-23-. The van der Waals surface area contributed by atoms with Crippen molar-refractivity contribution in [3.05, 3.63) is 89.0 Å². The fraction of sp³-hybridized carbons (Fsp3) is 0.185. The summed E-state index contributed by atoms with van der Waals surface area (Å²) >= 11 is 0. The molecule has 0 radical (unpaired) electrons. The summed E-state index contributed by atoms with van der Waals surface area (Å²) in [6.07, 6.45) is 0. The minimum absolute atomic E-state index is 0.00168. The van der Waals surface area contributed by atoms with Gasteiger partial charge in [0.25, 0.3) is 11.7 Å². The van der Waals surface area contributed by atoms with Gasteiger partial charge in [-0.2, -0.15) is 0 Å². The van der Waals surface area contributed by atoms with Crippen molar-refractivity contribution < 1.29 is 28.9 Å². The zero-order valence-electron chi connectivity index (χ0n) is 18.8. The number of benzene rings is 3. The van der Waals surface area contributed by atoms with E-state index in [9.17, 15) is 14.7 Å². The van der Waals surface area contributed by atoms with E-state index in [1.807, 2.05) is 31.2 Å². The minimum atomic E-state index is -0.843. The molecular weight excluding hydrogens is 434 g/mol. The Kier molecular flexibility index (Phi) is 5.45. The SMILES string of the molecule is COc1ccccc1N1C(=O)C(=O)/C(=C(\O)c2ccc3c(c2)OCCO3)C1c1cccc(C)c1. The molecule has 0 aromatic heterocycles. The van der Waals surface area contributed by atoms with Crippen LogP contribution in [-0.2, 0) is 9.59 Å². The summed E-state index contributed by atoms with van der Waals surface area (Å²) in [6, 6.07) is 18.6. The fourth-order valence-corrected chi connectivity index (χ4v) is 4.41. The third kappa shape index (κ3) is 3.55. The number of hydrogen-bond donors (Lipinski definition) is 1. The maximum absolute atomic E-state index is 13.4. The van der Waals surface area contributed by atoms with Crippen molar-refractivity contribution in [3.8, 4) is 17.2 Å². The number of aliphatic hydroxyl groups is 1. The molecule has 34 heavy (non-hydrogen) atoms. The van der Waals surface area contributed by atoms with Gasteiger partial charge in [0, 0.05) is 5.56 Å². The van der Waals surface area contributed by atoms with Gasteiger partial charge in [-0.1, -0.05) is 42.0 Å². The number of para-hydroxylation sites is 2. The van der Waals surface area contributed by atoms with Crippen LogP contribution in [0.3, 0.4) is 0 Å². The monoisotopic (exact) mass is 457 g/mol. The van der Waals surface area contributed by atoms with E-state index in [0.717, 1.165) is 5.56 Å². The summed E-state index contributed by atoms with van der Waals surface area (Å²) in [5.41, 5.74) is 2.46. The summed E-state index contributed by atoms with van der Waals surface area (Å²) < 4.78 is 16.7. The van der Waals surface area contributed by atoms with Gasteiger partial charge in [-0.15, -0.1) is 0 Å². The highest BCUT2D eigenvalue weighted by Gasteiger charge is 2.47. The van der Waals surface area contributed by atoms with Gasteiger partial charge in [0.05, 0.1) is 24.4 Å². The number of fused-ring (bicyclic) bond motifs is 1. The third-order valence-electron chi connectivity index (χ3n) is 5.96. The molecule has 1 fully saturated rings. The van der Waals surface area contributed by atoms with Crippen LogP contribution in [-0.4, -0.2) is 37.1 Å². The number of aryl methyl sites for hydroxylation is 1. The van der Waals surface area contributed by atoms with Crippen LogP contribution < -0.4 is 19.1 Å². The highest BCUT2D eigenvalue weighted by Crippen LogP contribution is 2.45. The van der Waals surface area contributed by atoms with Crippen LogP contribution in [0.1, 0.15) is 22.7 Å². The predicted molar refractivity (Wildman–Crippen MR) is 126 cm³/mol. The van der Waals surface area contributed by atoms with Crippen LogP contribution in [0.5, 0.6) is 17.2 Å². The van der Waals surface area contributed by atoms with E-state index in [2.05, 4.69) is 0 Å². The molecule has 1 N–H and O–H groups in total. The molecule has 0 saturated carbocycles. The van der Waals surface area contributed by atoms with Gasteiger partial charge < -0.3 is 19.3 Å². The Morgan fingerprint density at radius 2 is 1.74 bits per heavy atom. The topological polar surface area (TPSA) is 85.3 Å². The second-order valence-electron chi connectivity index (χ2n) is 8.11. The van der Waals surface area contributed by atoms with Crippen LogP contribution in [0, 0.1) is 6.92 Å². The lowest BCUT2D eigenvalue weighted by atomic mass is 9.94. The molecule has 0 spiro atoms. The van der Waals surface area contributed by atoms with E-state index in [4.69, 9.17) is 14.2 Å². The number of hydrogen-bond acceptors (Lipinski definition) is 6. The van der Waals surface area contributed by atoms with E-state index in [1.54, 1.807) is 42.5 Å². The molecular formula is C27H23NO6. The minimum Gasteiger partial charge on any atom is -0.507 e. The number of methoxy groups -OCH3 is 1. The molecule has 3 aromatic rings. The van der Waals surface area contributed by atoms with Gasteiger partial charge in [-0.3, -0.25) is 14.5 Å². The number of nitrogens with zero attached hydrogens (tertiary/aromatic N) is 1. The van der Waals surface area contributed by atoms with Crippen molar-refractivity contribution in [2.75, 3.05) is 25.2 Å². The first-order valence-electron chi connectivity index (χ1n) is 10.9. The number of carbonyl (C=O) groups excluding carboxylic acids is 2. The molecule has 1 saturated heterocycles. The first-order valence-corrected chi connectivity index (χ1v) is 10.9. The third-order valence-corrected chi connectivity index (χ3v) is 5.96. The van der Waals surface area contributed by atoms with Gasteiger partial charge in [-0.25, -0.2) is 0 Å². The number of carbonyl (C=O) groups is 2. The van der Waals surface area contributed by atoms with Crippen LogP contribution in [0.2, 0.25) is 0 Å². The quantitative estimate of drug-likeness (QED) is 0.355. The number of ketones is 1. The second-order valence-corrected chi connectivity index (χ2v) is 8.11. The molecule has 0 bridgehead atoms. The smallest absolute Gasteiger partial charge is 0.300 e. The molecule has 2 aliphatic heterocycles. The molecule has 7 heteroatoms. The van der Waals surface area contributed by atoms with Gasteiger partial charge in [-0.05, 0) is 42.8 Å². The van der Waals surface area contributed by atoms with E-state index < -0.39 is 17.7 Å². The summed E-state index contributed by atoms with van der Waals surface area (Å²) in [7, 11) is 1.51. The van der Waals surface area contributed by atoms with Crippen molar-refractivity contribution in [2.45, 2.75) is 13.0 Å². The number of anilines is 1. The average Bonchev–Trinajstić information content (AvgIpc) is 3.13. The van der Waals surface area contributed by atoms with Gasteiger partial charge in [0.2, 0.25) is 0 Å². The molecule has 0 aliphatic carbocycles. The normalized spacial score (nSPS) is 18.8. The lowest BCUT2D eigenvalue weighted by Crippen LogP contribution is -2.29. The van der Waals surface area contributed by atoms with Crippen molar-refractivity contribution in [1.82, 2.24) is 0 Å². The molecule has 172 valence electrons. The first kappa shape index (κ1) is 21.6. The van der Waals surface area contributed by atoms with Crippen molar-refractivity contribution in [1.29, 1.82) is 0 Å². The Labute approximate surface area is 196 Å². The first-order chi connectivity index (χ1) is 16.5. The highest BCUT2D eigenvalue weighted by molar-refractivity contribution is 6.52. The predicted octanol–water partition coefficient (Wildman–Crippen LogP) is 4.40. The maximum atomic E-state index is 13.4. The Balaban J connectivity index is 1.72. The van der Waals surface area contributed by atoms with Gasteiger partial charge in [0.15, 0.2) is 11.5 Å². The molecule has 1 amide bonds. The number of aliphatic hydroxyl groups excluding tert-OH is 1. The Bertz CT molecular complexity index is 1330. The molecule has 3 aromatic carbocycles. The average molecular weight is 457 g/mol. The lowest BCUT2D eigenvalue weighted by molar-refractivity contribution is -0.132. The summed E-state index contributed by atoms with van der Waals surface area (Å²) in [6.45, 7) is 2.76. The van der Waals surface area contributed by atoms with Crippen LogP contribution >= 0.6 is 0 Å². The Morgan fingerprint density at radius 3 is 2.50 bits per heavy atom. The van der Waals surface area contributed by atoms with E-state index in [1.165, 1.54) is 12.0 Å². The molecule has 2 aliphatic rings. The lowest BCUT2D eigenvalue weighted by Gasteiger charge is -2.27. The van der Waals surface area contributed by atoms with Crippen LogP contribution in [0.4, 0.5) is 5.69 Å². The fourth-order valence-electron chi connectivity index (χ4n) is 4.41. The molecule has 1 atom stereocenters. The van der Waals surface area contributed by atoms with Crippen molar-refractivity contribution in [3.63, 3.8) is 0 Å². The molecule has 2 heterocycles. The van der Waals surface area contributed by atoms with Gasteiger partial charge in [0.1, 0.15) is 24.7 Å². The molecule has 7 nitrogen and oxygen atoms in total. The summed E-state index contributed by atoms with van der Waals surface area (Å²) in [4.78, 5) is 28.1. The second kappa shape index (κ2) is 8.59. The largest absolute Gasteiger partial charge is 0.507 e. The van der Waals surface area contributed by atoms with Gasteiger partial charge >= 0.3 is 0 Å². The number of rotatable bonds is 4. The highest BCUT2D eigenvalue weighted by atomic mass is 16.6. The zero-order valence-corrected chi connectivity index (χ0v) is 18.8. The summed E-state index contributed by atoms with van der Waals surface area (Å²) in [5.74, 6) is -0.311. The van der Waals surface area contributed by atoms with E-state index in [-0.39, 0.29) is 11.3 Å². The van der Waals surface area contributed by atoms with E-state index >= 15 is 0 Å².